The summed E-state index contributed by atoms with van der Waals surface area (Å²) < 4.78 is 10.2. The van der Waals surface area contributed by atoms with E-state index in [1.54, 1.807) is 37.4 Å². The lowest BCUT2D eigenvalue weighted by Gasteiger charge is -2.08. The molecule has 0 saturated carbocycles. The number of anilines is 1. The first-order valence-corrected chi connectivity index (χ1v) is 7.87. The van der Waals surface area contributed by atoms with Gasteiger partial charge in [-0.1, -0.05) is 17.7 Å². The lowest BCUT2D eigenvalue weighted by Crippen LogP contribution is -2.32. The van der Waals surface area contributed by atoms with Gasteiger partial charge in [0.15, 0.2) is 0 Å². The van der Waals surface area contributed by atoms with E-state index in [0.717, 1.165) is 0 Å². The minimum absolute atomic E-state index is 0.169. The molecule has 1 aromatic carbocycles. The van der Waals surface area contributed by atoms with Gasteiger partial charge in [0.1, 0.15) is 6.61 Å². The van der Waals surface area contributed by atoms with E-state index in [1.165, 1.54) is 12.3 Å². The molecule has 2 amide bonds. The Hall–Kier alpha value is -2.64. The van der Waals surface area contributed by atoms with E-state index < -0.39 is 0 Å². The zero-order valence-corrected chi connectivity index (χ0v) is 14.4. The largest absolute Gasteiger partial charge is 0.475 e. The van der Waals surface area contributed by atoms with Gasteiger partial charge in [-0.05, 0) is 24.3 Å². The number of hydrogen-bond acceptors (Lipinski definition) is 5. The second kappa shape index (κ2) is 9.61. The fourth-order valence-corrected chi connectivity index (χ4v) is 2.06. The van der Waals surface area contributed by atoms with Gasteiger partial charge >= 0.3 is 0 Å². The molecule has 0 bridgehead atoms. The summed E-state index contributed by atoms with van der Waals surface area (Å²) in [6, 6.07) is 9.77. The molecule has 7 nitrogen and oxygen atoms in total. The fourth-order valence-electron chi connectivity index (χ4n) is 1.87. The Morgan fingerprint density at radius 2 is 2.04 bits per heavy atom. The van der Waals surface area contributed by atoms with Crippen molar-refractivity contribution in [3.8, 4) is 5.88 Å². The van der Waals surface area contributed by atoms with Crippen molar-refractivity contribution in [3.05, 3.63) is 53.2 Å². The van der Waals surface area contributed by atoms with Crippen LogP contribution in [0.1, 0.15) is 10.4 Å². The average molecular weight is 364 g/mol. The number of carbonyl (C=O) groups is 2. The van der Waals surface area contributed by atoms with Gasteiger partial charge in [-0.15, -0.1) is 0 Å². The molecule has 0 atom stereocenters. The zero-order valence-electron chi connectivity index (χ0n) is 13.6. The van der Waals surface area contributed by atoms with Gasteiger partial charge in [-0.2, -0.15) is 0 Å². The number of carbonyl (C=O) groups excluding carboxylic acids is 2. The van der Waals surface area contributed by atoms with Crippen molar-refractivity contribution in [1.82, 2.24) is 10.3 Å². The highest BCUT2D eigenvalue weighted by Crippen LogP contribution is 2.12. The van der Waals surface area contributed by atoms with Crippen LogP contribution in [0.4, 0.5) is 5.69 Å². The smallest absolute Gasteiger partial charge is 0.251 e. The summed E-state index contributed by atoms with van der Waals surface area (Å²) in [5.74, 6) is -0.313. The van der Waals surface area contributed by atoms with Crippen LogP contribution >= 0.6 is 11.6 Å². The predicted octanol–water partition coefficient (Wildman–Crippen LogP) is 2.13. The summed E-state index contributed by atoms with van der Waals surface area (Å²) in [6.07, 6.45) is 1.47. The summed E-state index contributed by atoms with van der Waals surface area (Å²) in [5.41, 5.74) is 0.889. The molecule has 0 saturated heterocycles. The minimum atomic E-state index is -0.377. The van der Waals surface area contributed by atoms with Crippen LogP contribution in [0.25, 0.3) is 0 Å². The molecule has 1 aromatic heterocycles. The third-order valence-electron chi connectivity index (χ3n) is 3.05. The molecule has 8 heteroatoms. The van der Waals surface area contributed by atoms with E-state index in [4.69, 9.17) is 21.1 Å². The second-order valence-corrected chi connectivity index (χ2v) is 5.40. The number of methoxy groups -OCH3 is 1. The number of nitrogens with one attached hydrogen (secondary N) is 2. The predicted molar refractivity (Wildman–Crippen MR) is 94.0 cm³/mol. The van der Waals surface area contributed by atoms with E-state index >= 15 is 0 Å². The zero-order chi connectivity index (χ0) is 18.1. The van der Waals surface area contributed by atoms with Crippen molar-refractivity contribution < 1.29 is 19.1 Å². The molecular weight excluding hydrogens is 346 g/mol. The summed E-state index contributed by atoms with van der Waals surface area (Å²) >= 11 is 5.83. The number of benzene rings is 1. The van der Waals surface area contributed by atoms with Gasteiger partial charge in [0.25, 0.3) is 5.91 Å². The maximum absolute atomic E-state index is 11.9. The van der Waals surface area contributed by atoms with Crippen LogP contribution in [0.3, 0.4) is 0 Å². The number of amides is 2. The third-order valence-corrected chi connectivity index (χ3v) is 3.29. The number of halogens is 1. The molecule has 0 fully saturated rings. The molecule has 0 aliphatic carbocycles. The molecule has 0 aliphatic heterocycles. The Morgan fingerprint density at radius 3 is 2.72 bits per heavy atom. The van der Waals surface area contributed by atoms with Crippen molar-refractivity contribution in [2.75, 3.05) is 32.2 Å². The SMILES string of the molecule is COCCOc1ccc(NC(=O)CNC(=O)c2cccc(Cl)c2)cn1. The first kappa shape index (κ1) is 18.7. The molecule has 2 rings (SSSR count). The van der Waals surface area contributed by atoms with Gasteiger partial charge in [0.2, 0.25) is 11.8 Å². The molecule has 0 spiro atoms. The molecule has 2 aromatic rings. The first-order chi connectivity index (χ1) is 12.1. The van der Waals surface area contributed by atoms with Crippen LogP contribution in [0.5, 0.6) is 5.88 Å². The monoisotopic (exact) mass is 363 g/mol. The highest BCUT2D eigenvalue weighted by atomic mass is 35.5. The van der Waals surface area contributed by atoms with Gasteiger partial charge < -0.3 is 20.1 Å². The topological polar surface area (TPSA) is 89.5 Å². The van der Waals surface area contributed by atoms with Crippen LogP contribution in [0, 0.1) is 0 Å². The molecule has 1 heterocycles. The molecule has 0 aliphatic rings. The van der Waals surface area contributed by atoms with Gasteiger partial charge in [-0.25, -0.2) is 4.98 Å². The maximum Gasteiger partial charge on any atom is 0.251 e. The van der Waals surface area contributed by atoms with E-state index in [-0.39, 0.29) is 18.4 Å². The standard InChI is InChI=1S/C17H18ClN3O4/c1-24-7-8-25-16-6-5-14(10-19-16)21-15(22)11-20-17(23)12-3-2-4-13(18)9-12/h2-6,9-10H,7-8,11H2,1H3,(H,20,23)(H,21,22). The lowest BCUT2D eigenvalue weighted by atomic mass is 10.2. The number of nitrogens with zero attached hydrogens (tertiary/aromatic N) is 1. The summed E-state index contributed by atoms with van der Waals surface area (Å²) in [4.78, 5) is 27.9. The first-order valence-electron chi connectivity index (χ1n) is 7.50. The van der Waals surface area contributed by atoms with E-state index in [0.29, 0.717) is 35.4 Å². The number of pyridine rings is 1. The molecule has 25 heavy (non-hydrogen) atoms. The Bertz CT molecular complexity index is 722. The van der Waals surface area contributed by atoms with Crippen molar-refractivity contribution in [1.29, 1.82) is 0 Å². The maximum atomic E-state index is 11.9. The quantitative estimate of drug-likeness (QED) is 0.701. The van der Waals surface area contributed by atoms with Crippen LogP contribution in [0.15, 0.2) is 42.6 Å². The number of ether oxygens (including phenoxy) is 2. The van der Waals surface area contributed by atoms with Crippen molar-refractivity contribution in [2.45, 2.75) is 0 Å². The Labute approximate surface area is 150 Å². The Kier molecular flexibility index (Phi) is 7.18. The van der Waals surface area contributed by atoms with Gasteiger partial charge in [-0.3, -0.25) is 9.59 Å². The van der Waals surface area contributed by atoms with E-state index in [9.17, 15) is 9.59 Å². The number of rotatable bonds is 8. The normalized spacial score (nSPS) is 10.2. The highest BCUT2D eigenvalue weighted by Gasteiger charge is 2.09. The van der Waals surface area contributed by atoms with Crippen molar-refractivity contribution in [2.24, 2.45) is 0 Å². The fraction of sp³-hybridized carbons (Fsp3) is 0.235. The summed E-state index contributed by atoms with van der Waals surface area (Å²) in [7, 11) is 1.58. The minimum Gasteiger partial charge on any atom is -0.475 e. The van der Waals surface area contributed by atoms with Crippen molar-refractivity contribution >= 4 is 29.1 Å². The van der Waals surface area contributed by atoms with Crippen LogP contribution < -0.4 is 15.4 Å². The number of hydrogen-bond donors (Lipinski definition) is 2. The molecular formula is C17H18ClN3O4. The summed E-state index contributed by atoms with van der Waals surface area (Å²) in [5, 5.41) is 5.61. The number of aromatic nitrogens is 1. The van der Waals surface area contributed by atoms with E-state index in [2.05, 4.69) is 15.6 Å². The lowest BCUT2D eigenvalue weighted by molar-refractivity contribution is -0.115. The molecule has 2 N–H and O–H groups in total. The summed E-state index contributed by atoms with van der Waals surface area (Å²) in [6.45, 7) is 0.689. The van der Waals surface area contributed by atoms with Crippen LogP contribution in [-0.2, 0) is 9.53 Å². The highest BCUT2D eigenvalue weighted by molar-refractivity contribution is 6.31. The second-order valence-electron chi connectivity index (χ2n) is 4.97. The third kappa shape index (κ3) is 6.40. The van der Waals surface area contributed by atoms with Crippen LogP contribution in [0.2, 0.25) is 5.02 Å². The van der Waals surface area contributed by atoms with E-state index in [1.807, 2.05) is 0 Å². The Balaban J connectivity index is 1.79. The van der Waals surface area contributed by atoms with Gasteiger partial charge in [0, 0.05) is 23.8 Å². The molecule has 0 unspecified atom stereocenters. The van der Waals surface area contributed by atoms with Gasteiger partial charge in [0.05, 0.1) is 25.0 Å². The van der Waals surface area contributed by atoms with Crippen LogP contribution in [-0.4, -0.2) is 43.7 Å². The Morgan fingerprint density at radius 1 is 1.20 bits per heavy atom. The molecule has 0 radical (unpaired) electrons. The van der Waals surface area contributed by atoms with Crippen molar-refractivity contribution in [3.63, 3.8) is 0 Å². The average Bonchev–Trinajstić information content (AvgIpc) is 2.61. The molecule has 132 valence electrons.